The summed E-state index contributed by atoms with van der Waals surface area (Å²) in [6, 6.07) is 14.5. The van der Waals surface area contributed by atoms with Crippen LogP contribution >= 0.6 is 11.6 Å². The van der Waals surface area contributed by atoms with Gasteiger partial charge in [0.15, 0.2) is 11.5 Å². The molecular weight excluding hydrogens is 316 g/mol. The molecule has 1 aliphatic heterocycles. The maximum atomic E-state index is 12.2. The molecule has 3 rings (SSSR count). The van der Waals surface area contributed by atoms with E-state index in [0.29, 0.717) is 22.2 Å². The highest BCUT2D eigenvalue weighted by molar-refractivity contribution is 6.34. The van der Waals surface area contributed by atoms with Crippen molar-refractivity contribution in [1.29, 1.82) is 0 Å². The highest BCUT2D eigenvalue weighted by atomic mass is 35.5. The van der Waals surface area contributed by atoms with E-state index in [1.165, 1.54) is 0 Å². The first-order chi connectivity index (χ1) is 11.1. The number of fused-ring (bicyclic) bond motifs is 1. The summed E-state index contributed by atoms with van der Waals surface area (Å²) in [4.78, 5) is 12.2. The van der Waals surface area contributed by atoms with E-state index in [4.69, 9.17) is 21.1 Å². The monoisotopic (exact) mass is 330 g/mol. The Balaban J connectivity index is 1.66. The zero-order valence-corrected chi connectivity index (χ0v) is 13.2. The molecule has 2 aromatic carbocycles. The lowest BCUT2D eigenvalue weighted by molar-refractivity contribution is -0.130. The molecule has 0 saturated carbocycles. The third kappa shape index (κ3) is 3.46. The van der Waals surface area contributed by atoms with Gasteiger partial charge in [-0.25, -0.2) is 5.43 Å². The van der Waals surface area contributed by atoms with Crippen molar-refractivity contribution in [3.05, 3.63) is 59.1 Å². The van der Waals surface area contributed by atoms with Crippen molar-refractivity contribution >= 4 is 23.2 Å². The third-order valence-electron chi connectivity index (χ3n) is 3.40. The van der Waals surface area contributed by atoms with Crippen LogP contribution in [0.25, 0.3) is 0 Å². The van der Waals surface area contributed by atoms with E-state index in [2.05, 4.69) is 10.5 Å². The lowest BCUT2D eigenvalue weighted by Crippen LogP contribution is -2.42. The van der Waals surface area contributed by atoms with E-state index in [1.807, 2.05) is 30.3 Å². The van der Waals surface area contributed by atoms with Gasteiger partial charge in [0.25, 0.3) is 5.91 Å². The molecule has 1 heterocycles. The zero-order valence-electron chi connectivity index (χ0n) is 12.5. The fourth-order valence-electron chi connectivity index (χ4n) is 2.17. The molecule has 1 amide bonds. The normalized spacial score (nSPS) is 16.8. The van der Waals surface area contributed by atoms with Gasteiger partial charge in [0.2, 0.25) is 6.10 Å². The Hall–Kier alpha value is -2.53. The molecule has 0 saturated heterocycles. The van der Waals surface area contributed by atoms with Crippen LogP contribution in [0.15, 0.2) is 53.6 Å². The summed E-state index contributed by atoms with van der Waals surface area (Å²) in [7, 11) is 0. The predicted molar refractivity (Wildman–Crippen MR) is 88.2 cm³/mol. The number of hydrogen-bond acceptors (Lipinski definition) is 4. The average molecular weight is 331 g/mol. The van der Waals surface area contributed by atoms with Crippen LogP contribution < -0.4 is 14.9 Å². The number of halogens is 1. The van der Waals surface area contributed by atoms with E-state index < -0.39 is 6.10 Å². The van der Waals surface area contributed by atoms with E-state index in [0.717, 1.165) is 5.56 Å². The number of ether oxygens (including phenoxy) is 2. The van der Waals surface area contributed by atoms with Gasteiger partial charge in [-0.05, 0) is 25.1 Å². The highest BCUT2D eigenvalue weighted by Gasteiger charge is 2.27. The molecule has 0 unspecified atom stereocenters. The van der Waals surface area contributed by atoms with Crippen molar-refractivity contribution in [2.45, 2.75) is 13.0 Å². The smallest absolute Gasteiger partial charge is 0.284 e. The average Bonchev–Trinajstić information content (AvgIpc) is 2.59. The summed E-state index contributed by atoms with van der Waals surface area (Å²) < 4.78 is 11.1. The summed E-state index contributed by atoms with van der Waals surface area (Å²) >= 11 is 6.10. The predicted octanol–water partition coefficient (Wildman–Crippen LogP) is 3.02. The highest BCUT2D eigenvalue weighted by Crippen LogP contribution is 2.30. The largest absolute Gasteiger partial charge is 0.485 e. The van der Waals surface area contributed by atoms with Crippen molar-refractivity contribution in [3.63, 3.8) is 0 Å². The Bertz CT molecular complexity index is 761. The molecular formula is C17H15ClN2O3. The molecule has 0 radical (unpaired) electrons. The Morgan fingerprint density at radius 3 is 2.65 bits per heavy atom. The number of nitrogens with zero attached hydrogens (tertiary/aromatic N) is 1. The van der Waals surface area contributed by atoms with Gasteiger partial charge in [0.05, 0.1) is 5.71 Å². The van der Waals surface area contributed by atoms with Crippen LogP contribution in [0.2, 0.25) is 5.02 Å². The Morgan fingerprint density at radius 1 is 1.17 bits per heavy atom. The Kier molecular flexibility index (Phi) is 4.48. The van der Waals surface area contributed by atoms with Crippen LogP contribution in [-0.2, 0) is 4.79 Å². The molecule has 23 heavy (non-hydrogen) atoms. The maximum Gasteiger partial charge on any atom is 0.284 e. The van der Waals surface area contributed by atoms with Crippen molar-refractivity contribution in [1.82, 2.24) is 5.43 Å². The van der Waals surface area contributed by atoms with Crippen LogP contribution in [0.3, 0.4) is 0 Å². The minimum absolute atomic E-state index is 0.142. The molecule has 0 bridgehead atoms. The minimum Gasteiger partial charge on any atom is -0.485 e. The maximum absolute atomic E-state index is 12.2. The first kappa shape index (κ1) is 15.4. The number of hydrazone groups is 1. The second kappa shape index (κ2) is 6.71. The first-order valence-electron chi connectivity index (χ1n) is 7.12. The van der Waals surface area contributed by atoms with Gasteiger partial charge in [0, 0.05) is 10.6 Å². The van der Waals surface area contributed by atoms with Gasteiger partial charge in [-0.3, -0.25) is 4.79 Å². The lowest BCUT2D eigenvalue weighted by atomic mass is 10.1. The number of amides is 1. The fraction of sp³-hybridized carbons (Fsp3) is 0.176. The van der Waals surface area contributed by atoms with Gasteiger partial charge in [0.1, 0.15) is 6.61 Å². The van der Waals surface area contributed by atoms with Gasteiger partial charge in [-0.15, -0.1) is 0 Å². The molecule has 118 valence electrons. The number of benzene rings is 2. The Labute approximate surface area is 138 Å². The van der Waals surface area contributed by atoms with Crippen LogP contribution in [0.5, 0.6) is 11.5 Å². The second-order valence-corrected chi connectivity index (χ2v) is 5.42. The molecule has 0 spiro atoms. The summed E-state index contributed by atoms with van der Waals surface area (Å²) in [5.41, 5.74) is 3.87. The van der Waals surface area contributed by atoms with Crippen LogP contribution in [0.4, 0.5) is 0 Å². The summed E-state index contributed by atoms with van der Waals surface area (Å²) in [6.07, 6.45) is -0.743. The summed E-state index contributed by atoms with van der Waals surface area (Å²) in [5.74, 6) is 0.809. The van der Waals surface area contributed by atoms with Crippen molar-refractivity contribution in [2.75, 3.05) is 6.61 Å². The quantitative estimate of drug-likeness (QED) is 0.695. The molecule has 1 N–H and O–H groups in total. The van der Waals surface area contributed by atoms with E-state index in [1.54, 1.807) is 25.1 Å². The number of nitrogens with one attached hydrogen (secondary N) is 1. The molecule has 0 aliphatic carbocycles. The number of hydrogen-bond donors (Lipinski definition) is 1. The number of carbonyl (C=O) groups is 1. The number of rotatable bonds is 3. The van der Waals surface area contributed by atoms with Gasteiger partial charge in [-0.1, -0.05) is 41.9 Å². The van der Waals surface area contributed by atoms with E-state index in [9.17, 15) is 4.79 Å². The van der Waals surface area contributed by atoms with Gasteiger partial charge in [-0.2, -0.15) is 5.10 Å². The first-order valence-corrected chi connectivity index (χ1v) is 7.50. The van der Waals surface area contributed by atoms with Crippen LogP contribution in [0.1, 0.15) is 12.5 Å². The molecule has 0 aromatic heterocycles. The zero-order chi connectivity index (χ0) is 16.2. The van der Waals surface area contributed by atoms with Gasteiger partial charge >= 0.3 is 0 Å². The molecule has 5 nitrogen and oxygen atoms in total. The standard InChI is InChI=1S/C17H15ClN2O3/c1-11(12-6-2-3-7-13(12)18)19-20-17(21)16-10-22-14-8-4-5-9-15(14)23-16/h2-9,16H,10H2,1H3,(H,20,21)/b19-11-/t16-/m0/s1. The lowest BCUT2D eigenvalue weighted by Gasteiger charge is -2.24. The molecule has 1 atom stereocenters. The minimum atomic E-state index is -0.743. The van der Waals surface area contributed by atoms with E-state index >= 15 is 0 Å². The van der Waals surface area contributed by atoms with Crippen molar-refractivity contribution in [2.24, 2.45) is 5.10 Å². The summed E-state index contributed by atoms with van der Waals surface area (Å²) in [5, 5.41) is 4.66. The van der Waals surface area contributed by atoms with Crippen molar-refractivity contribution < 1.29 is 14.3 Å². The number of carbonyl (C=O) groups excluding carboxylic acids is 1. The molecule has 1 aliphatic rings. The molecule has 2 aromatic rings. The molecule has 6 heteroatoms. The topological polar surface area (TPSA) is 59.9 Å². The summed E-state index contributed by atoms with van der Waals surface area (Å²) in [6.45, 7) is 1.92. The SMILES string of the molecule is C/C(=N/NC(=O)[C@@H]1COc2ccccc2O1)c1ccccc1Cl. The second-order valence-electron chi connectivity index (χ2n) is 5.02. The molecule has 0 fully saturated rings. The van der Waals surface area contributed by atoms with Gasteiger partial charge < -0.3 is 9.47 Å². The number of para-hydroxylation sites is 2. The third-order valence-corrected chi connectivity index (χ3v) is 3.73. The van der Waals surface area contributed by atoms with Crippen LogP contribution in [0, 0.1) is 0 Å². The fourth-order valence-corrected chi connectivity index (χ4v) is 2.45. The van der Waals surface area contributed by atoms with Crippen LogP contribution in [-0.4, -0.2) is 24.3 Å². The van der Waals surface area contributed by atoms with Crippen molar-refractivity contribution in [3.8, 4) is 11.5 Å². The Morgan fingerprint density at radius 2 is 1.87 bits per heavy atom. The van der Waals surface area contributed by atoms with E-state index in [-0.39, 0.29) is 12.5 Å².